The van der Waals surface area contributed by atoms with Gasteiger partial charge in [0, 0.05) is 41.4 Å². The number of nitrogens with one attached hydrogen (secondary N) is 2. The molecular formula is C38H47N5O5S. The predicted molar refractivity (Wildman–Crippen MR) is 194 cm³/mol. The zero-order valence-corrected chi connectivity index (χ0v) is 29.5. The van der Waals surface area contributed by atoms with Gasteiger partial charge in [-0.1, -0.05) is 89.8 Å². The highest BCUT2D eigenvalue weighted by molar-refractivity contribution is 7.14. The molecule has 2 aromatic heterocycles. The van der Waals surface area contributed by atoms with E-state index in [0.717, 1.165) is 45.9 Å². The van der Waals surface area contributed by atoms with Crippen molar-refractivity contribution < 1.29 is 24.2 Å². The van der Waals surface area contributed by atoms with Gasteiger partial charge in [0.25, 0.3) is 5.91 Å². The maximum Gasteiger partial charge on any atom is 0.327 e. The second-order valence-electron chi connectivity index (χ2n) is 13.1. The van der Waals surface area contributed by atoms with E-state index < -0.39 is 29.9 Å². The van der Waals surface area contributed by atoms with E-state index in [4.69, 9.17) is 10.5 Å². The summed E-state index contributed by atoms with van der Waals surface area (Å²) in [6.45, 7) is 8.82. The summed E-state index contributed by atoms with van der Waals surface area (Å²) in [5.41, 5.74) is 8.84. The quantitative estimate of drug-likeness (QED) is 0.0932. The monoisotopic (exact) mass is 685 g/mol. The number of thiophene rings is 1. The van der Waals surface area contributed by atoms with E-state index in [1.165, 1.54) is 37.0 Å². The molecule has 5 N–H and O–H groups in total. The van der Waals surface area contributed by atoms with Crippen LogP contribution in [0.5, 0.6) is 5.75 Å². The summed E-state index contributed by atoms with van der Waals surface area (Å²) in [5, 5.41) is 14.7. The van der Waals surface area contributed by atoms with E-state index in [1.807, 2.05) is 54.6 Å². The molecule has 0 unspecified atom stereocenters. The van der Waals surface area contributed by atoms with Crippen LogP contribution in [0.25, 0.3) is 22.5 Å². The SMILES string of the molecule is CCCCCCCOc1ccc(-c2cnc(-c3ccc(C[C@H](NC(=O)c4ccc(C(C)(C)C)s4)C(=O)N[C@@H](CN)C(=O)O)cc3)nc2)cc1. The molecule has 49 heavy (non-hydrogen) atoms. The minimum atomic E-state index is -1.28. The van der Waals surface area contributed by atoms with Crippen LogP contribution in [0.1, 0.15) is 79.9 Å². The molecule has 0 aliphatic carbocycles. The maximum atomic E-state index is 13.2. The van der Waals surface area contributed by atoms with Crippen molar-refractivity contribution in [3.63, 3.8) is 0 Å². The Bertz CT molecular complexity index is 1660. The van der Waals surface area contributed by atoms with Gasteiger partial charge in [-0.3, -0.25) is 9.59 Å². The highest BCUT2D eigenvalue weighted by Gasteiger charge is 2.27. The molecule has 2 amide bonds. The molecule has 0 spiro atoms. The summed E-state index contributed by atoms with van der Waals surface area (Å²) < 4.78 is 5.88. The Labute approximate surface area is 292 Å². The second kappa shape index (κ2) is 17.7. The highest BCUT2D eigenvalue weighted by Crippen LogP contribution is 2.29. The first-order valence-corrected chi connectivity index (χ1v) is 17.6. The van der Waals surface area contributed by atoms with Gasteiger partial charge >= 0.3 is 5.97 Å². The van der Waals surface area contributed by atoms with Gasteiger partial charge in [0.2, 0.25) is 5.91 Å². The lowest BCUT2D eigenvalue weighted by Crippen LogP contribution is -2.54. The normalized spacial score (nSPS) is 12.6. The summed E-state index contributed by atoms with van der Waals surface area (Å²) in [6, 6.07) is 16.6. The van der Waals surface area contributed by atoms with Gasteiger partial charge in [-0.2, -0.15) is 0 Å². The van der Waals surface area contributed by atoms with E-state index in [9.17, 15) is 19.5 Å². The Kier molecular flexibility index (Phi) is 13.4. The number of rotatable bonds is 17. The topological polar surface area (TPSA) is 157 Å². The molecule has 0 fully saturated rings. The standard InChI is InChI=1S/C38H47N5O5S/c1-5-6-7-8-9-20-48-29-16-14-26(15-17-29)28-23-40-34(41-24-28)27-12-10-25(11-13-27)21-30(35(44)43-31(22-39)37(46)47)42-36(45)32-18-19-33(49-32)38(2,3)4/h10-19,23-24,30-31H,5-9,20-22,39H2,1-4H3,(H,42,45)(H,43,44)(H,46,47)/t30-,31-/m0/s1. The Morgan fingerprint density at radius 1 is 0.837 bits per heavy atom. The van der Waals surface area contributed by atoms with Crippen molar-refractivity contribution in [2.45, 2.75) is 83.7 Å². The number of unbranched alkanes of at least 4 members (excludes halogenated alkanes) is 4. The molecule has 0 radical (unpaired) electrons. The number of carbonyl (C=O) groups excluding carboxylic acids is 2. The first-order valence-electron chi connectivity index (χ1n) is 16.8. The Morgan fingerprint density at radius 3 is 2.08 bits per heavy atom. The number of carboxylic acids is 1. The molecule has 4 rings (SSSR count). The third-order valence-corrected chi connectivity index (χ3v) is 9.56. The van der Waals surface area contributed by atoms with Crippen molar-refractivity contribution >= 4 is 29.1 Å². The maximum absolute atomic E-state index is 13.2. The van der Waals surface area contributed by atoms with Crippen LogP contribution in [0.2, 0.25) is 0 Å². The molecule has 2 aromatic carbocycles. The third kappa shape index (κ3) is 11.0. The Morgan fingerprint density at radius 2 is 1.49 bits per heavy atom. The number of aliphatic carboxylic acids is 1. The molecule has 0 aliphatic heterocycles. The average molecular weight is 686 g/mol. The van der Waals surface area contributed by atoms with Crippen molar-refractivity contribution in [1.29, 1.82) is 0 Å². The van der Waals surface area contributed by atoms with Crippen LogP contribution in [0.4, 0.5) is 0 Å². The lowest BCUT2D eigenvalue weighted by atomic mass is 9.95. The van der Waals surface area contributed by atoms with Gasteiger partial charge in [0.05, 0.1) is 11.5 Å². The Balaban J connectivity index is 1.41. The minimum Gasteiger partial charge on any atom is -0.494 e. The molecule has 0 saturated heterocycles. The number of benzene rings is 2. The number of hydrogen-bond acceptors (Lipinski definition) is 8. The van der Waals surface area contributed by atoms with E-state index in [0.29, 0.717) is 10.7 Å². The first-order chi connectivity index (χ1) is 23.5. The van der Waals surface area contributed by atoms with Crippen molar-refractivity contribution in [2.75, 3.05) is 13.2 Å². The molecule has 0 aliphatic rings. The summed E-state index contributed by atoms with van der Waals surface area (Å²) in [6.07, 6.45) is 9.68. The van der Waals surface area contributed by atoms with Crippen molar-refractivity contribution in [3.8, 4) is 28.3 Å². The van der Waals surface area contributed by atoms with Gasteiger partial charge in [-0.15, -0.1) is 11.3 Å². The van der Waals surface area contributed by atoms with Crippen LogP contribution < -0.4 is 21.1 Å². The van der Waals surface area contributed by atoms with Crippen molar-refractivity contribution in [1.82, 2.24) is 20.6 Å². The summed E-state index contributed by atoms with van der Waals surface area (Å²) in [7, 11) is 0. The second-order valence-corrected chi connectivity index (χ2v) is 14.1. The van der Waals surface area contributed by atoms with Crippen molar-refractivity contribution in [2.24, 2.45) is 5.73 Å². The van der Waals surface area contributed by atoms with E-state index >= 15 is 0 Å². The van der Waals surface area contributed by atoms with Crippen LogP contribution in [0.3, 0.4) is 0 Å². The molecule has 4 aromatic rings. The summed E-state index contributed by atoms with van der Waals surface area (Å²) >= 11 is 1.36. The van der Waals surface area contributed by atoms with Gasteiger partial charge in [-0.25, -0.2) is 14.8 Å². The number of nitrogens with two attached hydrogens (primary N) is 1. The zero-order chi connectivity index (χ0) is 35.4. The van der Waals surface area contributed by atoms with E-state index in [2.05, 4.69) is 48.3 Å². The molecule has 0 saturated carbocycles. The predicted octanol–water partition coefficient (Wildman–Crippen LogP) is 6.39. The number of carbonyl (C=O) groups is 3. The van der Waals surface area contributed by atoms with Gasteiger partial charge in [-0.05, 0) is 47.2 Å². The Hall–Kier alpha value is -4.61. The fourth-order valence-electron chi connectivity index (χ4n) is 5.09. The summed E-state index contributed by atoms with van der Waals surface area (Å²) in [4.78, 5) is 48.6. The fourth-order valence-corrected chi connectivity index (χ4v) is 6.05. The third-order valence-electron chi connectivity index (χ3n) is 8.05. The van der Waals surface area contributed by atoms with E-state index in [-0.39, 0.29) is 18.4 Å². The average Bonchev–Trinajstić information content (AvgIpc) is 3.61. The molecule has 10 nitrogen and oxygen atoms in total. The van der Waals surface area contributed by atoms with Crippen LogP contribution in [-0.2, 0) is 21.4 Å². The minimum absolute atomic E-state index is 0.130. The van der Waals surface area contributed by atoms with Gasteiger partial charge < -0.3 is 26.2 Å². The highest BCUT2D eigenvalue weighted by atomic mass is 32.1. The van der Waals surface area contributed by atoms with Crippen LogP contribution >= 0.6 is 11.3 Å². The van der Waals surface area contributed by atoms with Crippen LogP contribution in [0, 0.1) is 0 Å². The molecule has 0 bridgehead atoms. The van der Waals surface area contributed by atoms with E-state index in [1.54, 1.807) is 18.5 Å². The molecule has 2 heterocycles. The summed E-state index contributed by atoms with van der Waals surface area (Å²) in [5.74, 6) is -0.910. The lowest BCUT2D eigenvalue weighted by molar-refractivity contribution is -0.141. The lowest BCUT2D eigenvalue weighted by Gasteiger charge is -2.21. The number of nitrogens with zero attached hydrogens (tertiary/aromatic N) is 2. The van der Waals surface area contributed by atoms with Gasteiger partial charge in [0.15, 0.2) is 5.82 Å². The number of carboxylic acid groups (broad SMARTS) is 1. The molecule has 2 atom stereocenters. The first kappa shape index (κ1) is 37.2. The molecular weight excluding hydrogens is 639 g/mol. The van der Waals surface area contributed by atoms with Crippen LogP contribution in [0.15, 0.2) is 73.1 Å². The number of amides is 2. The number of aromatic nitrogens is 2. The molecule has 260 valence electrons. The van der Waals surface area contributed by atoms with Gasteiger partial charge in [0.1, 0.15) is 17.8 Å². The zero-order valence-electron chi connectivity index (χ0n) is 28.7. The number of hydrogen-bond donors (Lipinski definition) is 4. The smallest absolute Gasteiger partial charge is 0.327 e. The van der Waals surface area contributed by atoms with Crippen molar-refractivity contribution in [3.05, 3.63) is 88.4 Å². The fraction of sp³-hybridized carbons (Fsp3) is 0.395. The number of ether oxygens (including phenoxy) is 1. The molecule has 11 heteroatoms. The largest absolute Gasteiger partial charge is 0.494 e. The van der Waals surface area contributed by atoms with Crippen LogP contribution in [-0.4, -0.2) is 58.1 Å².